The van der Waals surface area contributed by atoms with E-state index in [1.165, 1.54) is 0 Å². The zero-order chi connectivity index (χ0) is 10.1. The van der Waals surface area contributed by atoms with E-state index in [1.807, 2.05) is 26.1 Å². The van der Waals surface area contributed by atoms with Crippen LogP contribution in [0.1, 0.15) is 11.3 Å². The van der Waals surface area contributed by atoms with Crippen LogP contribution in [-0.4, -0.2) is 14.8 Å². The van der Waals surface area contributed by atoms with Crippen LogP contribution in [0.2, 0.25) is 0 Å². The molecule has 2 aromatic heterocycles. The number of hydrogen-bond acceptors (Lipinski definition) is 3. The summed E-state index contributed by atoms with van der Waals surface area (Å²) in [5.41, 5.74) is 9.35. The molecule has 0 amide bonds. The number of nitrogens with two attached hydrogens (primary N) is 1. The second-order valence-electron chi connectivity index (χ2n) is 3.32. The molecule has 2 rings (SSSR count). The molecule has 4 heteroatoms. The van der Waals surface area contributed by atoms with Crippen LogP contribution in [0.15, 0.2) is 24.7 Å². The van der Waals surface area contributed by atoms with Gasteiger partial charge in [0.25, 0.3) is 0 Å². The van der Waals surface area contributed by atoms with Crippen molar-refractivity contribution in [3.05, 3.63) is 35.9 Å². The quantitative estimate of drug-likeness (QED) is 0.737. The number of nitrogen functional groups attached to an aromatic ring is 1. The van der Waals surface area contributed by atoms with Gasteiger partial charge in [-0.2, -0.15) is 5.10 Å². The van der Waals surface area contributed by atoms with Crippen molar-refractivity contribution in [2.75, 3.05) is 5.73 Å². The van der Waals surface area contributed by atoms with Crippen LogP contribution >= 0.6 is 0 Å². The molecule has 4 nitrogen and oxygen atoms in total. The van der Waals surface area contributed by atoms with E-state index in [0.717, 1.165) is 16.9 Å². The zero-order valence-corrected chi connectivity index (χ0v) is 8.23. The van der Waals surface area contributed by atoms with Gasteiger partial charge in [0.05, 0.1) is 23.3 Å². The highest BCUT2D eigenvalue weighted by atomic mass is 15.3. The lowest BCUT2D eigenvalue weighted by molar-refractivity contribution is 0.857. The third kappa shape index (κ3) is 1.46. The molecule has 0 saturated carbocycles. The van der Waals surface area contributed by atoms with Gasteiger partial charge in [0, 0.05) is 12.4 Å². The Morgan fingerprint density at radius 1 is 1.29 bits per heavy atom. The smallest absolute Gasteiger partial charge is 0.0849 e. The topological polar surface area (TPSA) is 56.7 Å². The van der Waals surface area contributed by atoms with Gasteiger partial charge in [-0.25, -0.2) is 4.68 Å². The Labute approximate surface area is 82.4 Å². The average molecular weight is 188 g/mol. The highest BCUT2D eigenvalue weighted by Gasteiger charge is 2.02. The monoisotopic (exact) mass is 188 g/mol. The first-order valence-electron chi connectivity index (χ1n) is 4.40. The van der Waals surface area contributed by atoms with Crippen LogP contribution in [0.5, 0.6) is 0 Å². The molecule has 72 valence electrons. The van der Waals surface area contributed by atoms with E-state index >= 15 is 0 Å². The summed E-state index contributed by atoms with van der Waals surface area (Å²) in [6.07, 6.45) is 5.32. The minimum atomic E-state index is 0.647. The molecular weight excluding hydrogens is 176 g/mol. The van der Waals surface area contributed by atoms with Gasteiger partial charge in [-0.1, -0.05) is 0 Å². The van der Waals surface area contributed by atoms with Gasteiger partial charge in [0.15, 0.2) is 0 Å². The molecule has 0 spiro atoms. The van der Waals surface area contributed by atoms with Crippen molar-refractivity contribution in [2.24, 2.45) is 0 Å². The summed E-state index contributed by atoms with van der Waals surface area (Å²) in [7, 11) is 0. The fourth-order valence-corrected chi connectivity index (χ4v) is 1.25. The summed E-state index contributed by atoms with van der Waals surface area (Å²) >= 11 is 0. The number of pyridine rings is 1. The standard InChI is InChI=1S/C10H12N4/c1-7-6-14(13-8(7)2)10-3-9(11)4-12-5-10/h3-6H,11H2,1-2H3. The number of rotatable bonds is 1. The van der Waals surface area contributed by atoms with Crippen molar-refractivity contribution >= 4 is 5.69 Å². The number of hydrogen-bond donors (Lipinski definition) is 1. The van der Waals surface area contributed by atoms with Crippen LogP contribution in [0, 0.1) is 13.8 Å². The maximum atomic E-state index is 5.64. The molecule has 0 aliphatic carbocycles. The predicted octanol–water partition coefficient (Wildman–Crippen LogP) is 1.47. The summed E-state index contributed by atoms with van der Waals surface area (Å²) in [4.78, 5) is 4.01. The molecule has 0 unspecified atom stereocenters. The lowest BCUT2D eigenvalue weighted by atomic mass is 10.3. The van der Waals surface area contributed by atoms with E-state index < -0.39 is 0 Å². The summed E-state index contributed by atoms with van der Waals surface area (Å²) in [6, 6.07) is 1.85. The first-order chi connectivity index (χ1) is 6.66. The van der Waals surface area contributed by atoms with Gasteiger partial charge in [-0.05, 0) is 25.5 Å². The number of anilines is 1. The molecule has 14 heavy (non-hydrogen) atoms. The Bertz CT molecular complexity index is 439. The van der Waals surface area contributed by atoms with Crippen molar-refractivity contribution in [2.45, 2.75) is 13.8 Å². The molecule has 0 aliphatic rings. The molecule has 2 aromatic rings. The first-order valence-corrected chi connectivity index (χ1v) is 4.40. The van der Waals surface area contributed by atoms with Crippen molar-refractivity contribution in [3.8, 4) is 5.69 Å². The van der Waals surface area contributed by atoms with Crippen molar-refractivity contribution < 1.29 is 0 Å². The van der Waals surface area contributed by atoms with E-state index in [9.17, 15) is 0 Å². The summed E-state index contributed by atoms with van der Waals surface area (Å²) in [6.45, 7) is 4.00. The molecular formula is C10H12N4. The fraction of sp³-hybridized carbons (Fsp3) is 0.200. The lowest BCUT2D eigenvalue weighted by Gasteiger charge is -2.00. The van der Waals surface area contributed by atoms with Crippen LogP contribution < -0.4 is 5.73 Å². The Morgan fingerprint density at radius 3 is 2.64 bits per heavy atom. The molecule has 2 N–H and O–H groups in total. The fourth-order valence-electron chi connectivity index (χ4n) is 1.25. The van der Waals surface area contributed by atoms with Crippen molar-refractivity contribution in [1.29, 1.82) is 0 Å². The van der Waals surface area contributed by atoms with Crippen LogP contribution in [0.25, 0.3) is 5.69 Å². The first kappa shape index (κ1) is 8.74. The Hall–Kier alpha value is -1.84. The SMILES string of the molecule is Cc1cn(-c2cncc(N)c2)nc1C. The van der Waals surface area contributed by atoms with Gasteiger partial charge in [-0.15, -0.1) is 0 Å². The second-order valence-corrected chi connectivity index (χ2v) is 3.32. The highest BCUT2D eigenvalue weighted by Crippen LogP contribution is 2.11. The van der Waals surface area contributed by atoms with E-state index in [2.05, 4.69) is 10.1 Å². The zero-order valence-electron chi connectivity index (χ0n) is 8.23. The lowest BCUT2D eigenvalue weighted by Crippen LogP contribution is -1.97. The number of nitrogens with zero attached hydrogens (tertiary/aromatic N) is 3. The summed E-state index contributed by atoms with van der Waals surface area (Å²) in [5.74, 6) is 0. The Morgan fingerprint density at radius 2 is 2.07 bits per heavy atom. The minimum Gasteiger partial charge on any atom is -0.397 e. The van der Waals surface area contributed by atoms with Gasteiger partial charge < -0.3 is 5.73 Å². The highest BCUT2D eigenvalue weighted by molar-refractivity contribution is 5.44. The van der Waals surface area contributed by atoms with Crippen LogP contribution in [-0.2, 0) is 0 Å². The number of aryl methyl sites for hydroxylation is 2. The van der Waals surface area contributed by atoms with E-state index in [-0.39, 0.29) is 0 Å². The molecule has 0 atom stereocenters. The normalized spacial score (nSPS) is 10.4. The number of aromatic nitrogens is 3. The van der Waals surface area contributed by atoms with Gasteiger partial charge >= 0.3 is 0 Å². The van der Waals surface area contributed by atoms with Crippen LogP contribution in [0.4, 0.5) is 5.69 Å². The van der Waals surface area contributed by atoms with Gasteiger partial charge in [0.2, 0.25) is 0 Å². The van der Waals surface area contributed by atoms with Gasteiger partial charge in [0.1, 0.15) is 0 Å². The molecule has 0 aliphatic heterocycles. The Balaban J connectivity index is 2.49. The van der Waals surface area contributed by atoms with Crippen LogP contribution in [0.3, 0.4) is 0 Å². The van der Waals surface area contributed by atoms with Crippen molar-refractivity contribution in [1.82, 2.24) is 14.8 Å². The largest absolute Gasteiger partial charge is 0.397 e. The Kier molecular flexibility index (Phi) is 1.96. The third-order valence-corrected chi connectivity index (χ3v) is 2.15. The van der Waals surface area contributed by atoms with E-state index in [4.69, 9.17) is 5.73 Å². The van der Waals surface area contributed by atoms with E-state index in [0.29, 0.717) is 5.69 Å². The minimum absolute atomic E-state index is 0.647. The molecule has 0 bridgehead atoms. The third-order valence-electron chi connectivity index (χ3n) is 2.15. The van der Waals surface area contributed by atoms with E-state index in [1.54, 1.807) is 17.1 Å². The molecule has 0 fully saturated rings. The van der Waals surface area contributed by atoms with Crippen molar-refractivity contribution in [3.63, 3.8) is 0 Å². The molecule has 0 aromatic carbocycles. The molecule has 0 radical (unpaired) electrons. The molecule has 2 heterocycles. The maximum absolute atomic E-state index is 5.64. The maximum Gasteiger partial charge on any atom is 0.0849 e. The average Bonchev–Trinajstić information content (AvgIpc) is 2.47. The predicted molar refractivity (Wildman–Crippen MR) is 55.2 cm³/mol. The summed E-state index contributed by atoms with van der Waals surface area (Å²) < 4.78 is 1.79. The second kappa shape index (κ2) is 3.14. The van der Waals surface area contributed by atoms with Gasteiger partial charge in [-0.3, -0.25) is 4.98 Å². The summed E-state index contributed by atoms with van der Waals surface area (Å²) in [5, 5.41) is 4.34. The molecule has 0 saturated heterocycles.